The number of carbonyl (C=O) groups excluding carboxylic acids is 1. The van der Waals surface area contributed by atoms with E-state index in [2.05, 4.69) is 40.8 Å². The number of hydrogen-bond acceptors (Lipinski definition) is 3. The largest absolute Gasteiger partial charge is 0.361 e. The van der Waals surface area contributed by atoms with Crippen molar-refractivity contribution in [1.29, 1.82) is 0 Å². The van der Waals surface area contributed by atoms with Crippen molar-refractivity contribution in [1.82, 2.24) is 10.5 Å². The first-order chi connectivity index (χ1) is 11.1. The van der Waals surface area contributed by atoms with E-state index in [0.29, 0.717) is 19.4 Å². The van der Waals surface area contributed by atoms with Crippen LogP contribution in [0.25, 0.3) is 10.8 Å². The first-order valence-corrected chi connectivity index (χ1v) is 7.79. The van der Waals surface area contributed by atoms with E-state index in [1.807, 2.05) is 26.0 Å². The molecular formula is C19H20N2O2. The van der Waals surface area contributed by atoms with Crippen LogP contribution >= 0.6 is 0 Å². The number of carbonyl (C=O) groups is 1. The number of rotatable bonds is 5. The number of nitrogens with one attached hydrogen (secondary N) is 1. The van der Waals surface area contributed by atoms with Gasteiger partial charge in [0, 0.05) is 18.5 Å². The van der Waals surface area contributed by atoms with Gasteiger partial charge in [0.05, 0.1) is 5.69 Å². The maximum atomic E-state index is 12.0. The second-order valence-electron chi connectivity index (χ2n) is 5.76. The van der Waals surface area contributed by atoms with E-state index in [1.165, 1.54) is 10.8 Å². The summed E-state index contributed by atoms with van der Waals surface area (Å²) in [6.07, 6.45) is 1.10. The van der Waals surface area contributed by atoms with Gasteiger partial charge < -0.3 is 9.84 Å². The maximum Gasteiger partial charge on any atom is 0.220 e. The van der Waals surface area contributed by atoms with Crippen LogP contribution in [0, 0.1) is 13.8 Å². The molecule has 1 N–H and O–H groups in total. The van der Waals surface area contributed by atoms with Gasteiger partial charge in [-0.25, -0.2) is 0 Å². The standard InChI is InChI=1S/C19H20N2O2/c1-13-18(14(2)23-21-13)9-10-19(22)20-12-15-7-8-16-5-3-4-6-17(16)11-15/h3-8,11H,9-10,12H2,1-2H3,(H,20,22). The first kappa shape index (κ1) is 15.3. The molecule has 0 aliphatic carbocycles. The zero-order chi connectivity index (χ0) is 16.2. The van der Waals surface area contributed by atoms with Crippen molar-refractivity contribution in [3.63, 3.8) is 0 Å². The highest BCUT2D eigenvalue weighted by Gasteiger charge is 2.11. The van der Waals surface area contributed by atoms with E-state index < -0.39 is 0 Å². The lowest BCUT2D eigenvalue weighted by Gasteiger charge is -2.07. The van der Waals surface area contributed by atoms with Crippen molar-refractivity contribution in [2.75, 3.05) is 0 Å². The Hall–Kier alpha value is -2.62. The number of hydrogen-bond donors (Lipinski definition) is 1. The third kappa shape index (κ3) is 3.59. The molecule has 1 amide bonds. The molecule has 3 rings (SSSR count). The summed E-state index contributed by atoms with van der Waals surface area (Å²) < 4.78 is 5.12. The fourth-order valence-electron chi connectivity index (χ4n) is 2.74. The Kier molecular flexibility index (Phi) is 4.42. The normalized spacial score (nSPS) is 10.9. The maximum absolute atomic E-state index is 12.0. The van der Waals surface area contributed by atoms with Gasteiger partial charge in [-0.1, -0.05) is 41.6 Å². The highest BCUT2D eigenvalue weighted by molar-refractivity contribution is 5.83. The molecule has 0 aliphatic rings. The predicted octanol–water partition coefficient (Wildman–Crippen LogP) is 3.69. The lowest BCUT2D eigenvalue weighted by molar-refractivity contribution is -0.121. The molecule has 1 heterocycles. The smallest absolute Gasteiger partial charge is 0.220 e. The van der Waals surface area contributed by atoms with E-state index in [1.54, 1.807) is 0 Å². The van der Waals surface area contributed by atoms with Gasteiger partial charge in [-0.15, -0.1) is 0 Å². The quantitative estimate of drug-likeness (QED) is 0.782. The fourth-order valence-corrected chi connectivity index (χ4v) is 2.74. The van der Waals surface area contributed by atoms with Crippen LogP contribution in [0.3, 0.4) is 0 Å². The summed E-state index contributed by atoms with van der Waals surface area (Å²) in [4.78, 5) is 12.0. The lowest BCUT2D eigenvalue weighted by Crippen LogP contribution is -2.23. The third-order valence-corrected chi connectivity index (χ3v) is 4.09. The van der Waals surface area contributed by atoms with Crippen molar-refractivity contribution in [2.24, 2.45) is 0 Å². The van der Waals surface area contributed by atoms with Crippen LogP contribution in [0.5, 0.6) is 0 Å². The highest BCUT2D eigenvalue weighted by Crippen LogP contribution is 2.16. The number of amides is 1. The minimum absolute atomic E-state index is 0.0400. The summed E-state index contributed by atoms with van der Waals surface area (Å²) in [5.74, 6) is 0.836. The monoisotopic (exact) mass is 308 g/mol. The molecule has 3 aromatic rings. The summed E-state index contributed by atoms with van der Waals surface area (Å²) in [6.45, 7) is 4.33. The zero-order valence-electron chi connectivity index (χ0n) is 13.4. The van der Waals surface area contributed by atoms with E-state index in [0.717, 1.165) is 22.6 Å². The number of benzene rings is 2. The third-order valence-electron chi connectivity index (χ3n) is 4.09. The number of aromatic nitrogens is 1. The Bertz CT molecular complexity index is 817. The molecule has 0 spiro atoms. The molecule has 0 saturated heterocycles. The molecule has 0 atom stereocenters. The molecule has 0 bridgehead atoms. The number of fused-ring (bicyclic) bond motifs is 1. The van der Waals surface area contributed by atoms with Gasteiger partial charge in [0.15, 0.2) is 0 Å². The molecule has 0 fully saturated rings. The number of aryl methyl sites for hydroxylation is 2. The van der Waals surface area contributed by atoms with Crippen LogP contribution in [0.15, 0.2) is 47.0 Å². The molecule has 4 nitrogen and oxygen atoms in total. The van der Waals surface area contributed by atoms with Gasteiger partial charge in [-0.3, -0.25) is 4.79 Å². The van der Waals surface area contributed by atoms with Gasteiger partial charge in [0.2, 0.25) is 5.91 Å². The highest BCUT2D eigenvalue weighted by atomic mass is 16.5. The zero-order valence-corrected chi connectivity index (χ0v) is 13.4. The van der Waals surface area contributed by atoms with Crippen molar-refractivity contribution in [3.8, 4) is 0 Å². The van der Waals surface area contributed by atoms with Crippen LogP contribution in [0.2, 0.25) is 0 Å². The van der Waals surface area contributed by atoms with E-state index >= 15 is 0 Å². The van der Waals surface area contributed by atoms with Crippen molar-refractivity contribution >= 4 is 16.7 Å². The first-order valence-electron chi connectivity index (χ1n) is 7.79. The summed E-state index contributed by atoms with van der Waals surface area (Å²) in [7, 11) is 0. The predicted molar refractivity (Wildman–Crippen MR) is 90.1 cm³/mol. The van der Waals surface area contributed by atoms with Crippen molar-refractivity contribution < 1.29 is 9.32 Å². The second kappa shape index (κ2) is 6.65. The topological polar surface area (TPSA) is 55.1 Å². The minimum Gasteiger partial charge on any atom is -0.361 e. The average molecular weight is 308 g/mol. The van der Waals surface area contributed by atoms with E-state index in [4.69, 9.17) is 4.52 Å². The van der Waals surface area contributed by atoms with Gasteiger partial charge in [-0.05, 0) is 42.7 Å². The molecular weight excluding hydrogens is 288 g/mol. The van der Waals surface area contributed by atoms with Crippen molar-refractivity contribution in [2.45, 2.75) is 33.2 Å². The SMILES string of the molecule is Cc1noc(C)c1CCC(=O)NCc1ccc2ccccc2c1. The van der Waals surface area contributed by atoms with Gasteiger partial charge in [0.1, 0.15) is 5.76 Å². The molecule has 118 valence electrons. The van der Waals surface area contributed by atoms with Crippen molar-refractivity contribution in [3.05, 3.63) is 65.0 Å². The Morgan fingerprint density at radius 3 is 2.65 bits per heavy atom. The summed E-state index contributed by atoms with van der Waals surface area (Å²) in [5, 5.41) is 9.28. The van der Waals surface area contributed by atoms with E-state index in [-0.39, 0.29) is 5.91 Å². The molecule has 0 radical (unpaired) electrons. The van der Waals surface area contributed by atoms with Crippen LogP contribution in [0.1, 0.15) is 29.0 Å². The minimum atomic E-state index is 0.0400. The lowest BCUT2D eigenvalue weighted by atomic mass is 10.1. The summed E-state index contributed by atoms with van der Waals surface area (Å²) >= 11 is 0. The van der Waals surface area contributed by atoms with Gasteiger partial charge in [0.25, 0.3) is 0 Å². The fraction of sp³-hybridized carbons (Fsp3) is 0.263. The molecule has 0 aliphatic heterocycles. The van der Waals surface area contributed by atoms with Gasteiger partial charge >= 0.3 is 0 Å². The van der Waals surface area contributed by atoms with Gasteiger partial charge in [-0.2, -0.15) is 0 Å². The Labute approximate surface area is 135 Å². The molecule has 2 aromatic carbocycles. The average Bonchev–Trinajstić information content (AvgIpc) is 2.89. The Morgan fingerprint density at radius 1 is 1.13 bits per heavy atom. The van der Waals surface area contributed by atoms with Crippen LogP contribution in [-0.2, 0) is 17.8 Å². The molecule has 1 aromatic heterocycles. The Balaban J connectivity index is 1.55. The Morgan fingerprint density at radius 2 is 1.91 bits per heavy atom. The molecule has 0 saturated carbocycles. The number of nitrogens with zero attached hydrogens (tertiary/aromatic N) is 1. The molecule has 23 heavy (non-hydrogen) atoms. The molecule has 4 heteroatoms. The van der Waals surface area contributed by atoms with Crippen LogP contribution in [-0.4, -0.2) is 11.1 Å². The van der Waals surface area contributed by atoms with Crippen LogP contribution < -0.4 is 5.32 Å². The molecule has 0 unspecified atom stereocenters. The van der Waals surface area contributed by atoms with Crippen LogP contribution in [0.4, 0.5) is 0 Å². The summed E-state index contributed by atoms with van der Waals surface area (Å²) in [5.41, 5.74) is 3.00. The summed E-state index contributed by atoms with van der Waals surface area (Å²) in [6, 6.07) is 14.5. The van der Waals surface area contributed by atoms with E-state index in [9.17, 15) is 4.79 Å². The second-order valence-corrected chi connectivity index (χ2v) is 5.76.